The van der Waals surface area contributed by atoms with E-state index in [1.165, 1.54) is 19.3 Å². The number of aromatic nitrogens is 2. The largest absolute Gasteiger partial charge is 0.269 e. The standard InChI is InChI=1S/C11H13N3/c12-7-8-6-10(8)11-4-5-14(13-11)9-2-1-3-9/h4-5,8-10H,1-3,6H2/t8-,10+/m1/s1. The molecule has 0 spiro atoms. The molecule has 0 N–H and O–H groups in total. The highest BCUT2D eigenvalue weighted by molar-refractivity contribution is 5.21. The fraction of sp³-hybridized carbons (Fsp3) is 0.636. The van der Waals surface area contributed by atoms with Crippen molar-refractivity contribution in [2.75, 3.05) is 0 Å². The van der Waals surface area contributed by atoms with Crippen molar-refractivity contribution in [1.82, 2.24) is 9.78 Å². The van der Waals surface area contributed by atoms with E-state index in [2.05, 4.69) is 28.1 Å². The molecule has 3 nitrogen and oxygen atoms in total. The van der Waals surface area contributed by atoms with Gasteiger partial charge in [0, 0.05) is 12.1 Å². The van der Waals surface area contributed by atoms with E-state index in [4.69, 9.17) is 5.26 Å². The van der Waals surface area contributed by atoms with Crippen molar-refractivity contribution in [2.45, 2.75) is 37.6 Å². The highest BCUT2D eigenvalue weighted by Crippen LogP contribution is 2.46. The molecule has 0 radical (unpaired) electrons. The van der Waals surface area contributed by atoms with Crippen LogP contribution in [0.1, 0.15) is 43.3 Å². The Labute approximate surface area is 83.3 Å². The van der Waals surface area contributed by atoms with Crippen LogP contribution in [0, 0.1) is 17.2 Å². The third-order valence-electron chi connectivity index (χ3n) is 3.41. The lowest BCUT2D eigenvalue weighted by molar-refractivity contribution is 0.288. The van der Waals surface area contributed by atoms with E-state index in [1.54, 1.807) is 0 Å². The second-order valence-corrected chi connectivity index (χ2v) is 4.38. The second-order valence-electron chi connectivity index (χ2n) is 4.38. The molecule has 1 aromatic rings. The normalized spacial score (nSPS) is 30.8. The Morgan fingerprint density at radius 3 is 2.93 bits per heavy atom. The summed E-state index contributed by atoms with van der Waals surface area (Å²) >= 11 is 0. The minimum absolute atomic E-state index is 0.236. The molecular weight excluding hydrogens is 174 g/mol. The lowest BCUT2D eigenvalue weighted by Crippen LogP contribution is -2.17. The summed E-state index contributed by atoms with van der Waals surface area (Å²) in [6, 6.07) is 5.03. The zero-order valence-corrected chi connectivity index (χ0v) is 8.06. The number of nitriles is 1. The second kappa shape index (κ2) is 2.84. The van der Waals surface area contributed by atoms with Crippen molar-refractivity contribution in [2.24, 2.45) is 5.92 Å². The maximum atomic E-state index is 8.73. The average molecular weight is 187 g/mol. The van der Waals surface area contributed by atoms with Crippen LogP contribution in [0.25, 0.3) is 0 Å². The van der Waals surface area contributed by atoms with Crippen LogP contribution in [0.3, 0.4) is 0 Å². The molecule has 2 atom stereocenters. The Morgan fingerprint density at radius 1 is 1.50 bits per heavy atom. The van der Waals surface area contributed by atoms with Crippen molar-refractivity contribution in [1.29, 1.82) is 5.26 Å². The van der Waals surface area contributed by atoms with E-state index in [0.717, 1.165) is 12.1 Å². The molecule has 2 aliphatic carbocycles. The highest BCUT2D eigenvalue weighted by atomic mass is 15.3. The molecule has 2 aliphatic rings. The van der Waals surface area contributed by atoms with Crippen molar-refractivity contribution in [3.8, 4) is 6.07 Å². The first-order valence-corrected chi connectivity index (χ1v) is 5.33. The quantitative estimate of drug-likeness (QED) is 0.712. The van der Waals surface area contributed by atoms with Crippen molar-refractivity contribution in [3.63, 3.8) is 0 Å². The van der Waals surface area contributed by atoms with Gasteiger partial charge in [-0.15, -0.1) is 0 Å². The smallest absolute Gasteiger partial charge is 0.0669 e. The Kier molecular flexibility index (Phi) is 1.63. The van der Waals surface area contributed by atoms with Gasteiger partial charge in [-0.1, -0.05) is 0 Å². The number of rotatable bonds is 2. The van der Waals surface area contributed by atoms with Gasteiger partial charge in [-0.3, -0.25) is 4.68 Å². The molecule has 2 fully saturated rings. The minimum atomic E-state index is 0.236. The first-order valence-electron chi connectivity index (χ1n) is 5.33. The van der Waals surface area contributed by atoms with Crippen LogP contribution < -0.4 is 0 Å². The molecule has 1 heterocycles. The summed E-state index contributed by atoms with van der Waals surface area (Å²) in [4.78, 5) is 0. The predicted molar refractivity (Wildman–Crippen MR) is 51.6 cm³/mol. The molecule has 3 rings (SSSR count). The third-order valence-corrected chi connectivity index (χ3v) is 3.41. The van der Waals surface area contributed by atoms with Crippen molar-refractivity contribution < 1.29 is 0 Å². The fourth-order valence-corrected chi connectivity index (χ4v) is 2.07. The van der Waals surface area contributed by atoms with E-state index in [0.29, 0.717) is 12.0 Å². The molecule has 2 saturated carbocycles. The highest BCUT2D eigenvalue weighted by Gasteiger charge is 2.40. The van der Waals surface area contributed by atoms with Crippen LogP contribution in [0.5, 0.6) is 0 Å². The van der Waals surface area contributed by atoms with Crippen LogP contribution in [0.2, 0.25) is 0 Å². The third kappa shape index (κ3) is 1.14. The number of hydrogen-bond donors (Lipinski definition) is 0. The molecule has 14 heavy (non-hydrogen) atoms. The Balaban J connectivity index is 1.75. The van der Waals surface area contributed by atoms with E-state index < -0.39 is 0 Å². The van der Waals surface area contributed by atoms with Gasteiger partial charge in [-0.2, -0.15) is 10.4 Å². The molecule has 0 amide bonds. The lowest BCUT2D eigenvalue weighted by Gasteiger charge is -2.25. The number of hydrogen-bond acceptors (Lipinski definition) is 2. The summed E-state index contributed by atoms with van der Waals surface area (Å²) in [6.45, 7) is 0. The first-order chi connectivity index (χ1) is 6.88. The lowest BCUT2D eigenvalue weighted by atomic mass is 9.93. The van der Waals surface area contributed by atoms with Crippen LogP contribution >= 0.6 is 0 Å². The Hall–Kier alpha value is -1.30. The van der Waals surface area contributed by atoms with Gasteiger partial charge < -0.3 is 0 Å². The topological polar surface area (TPSA) is 41.6 Å². The molecule has 1 aromatic heterocycles. The minimum Gasteiger partial charge on any atom is -0.269 e. The van der Waals surface area contributed by atoms with Crippen molar-refractivity contribution in [3.05, 3.63) is 18.0 Å². The van der Waals surface area contributed by atoms with Crippen molar-refractivity contribution >= 4 is 0 Å². The van der Waals surface area contributed by atoms with E-state index >= 15 is 0 Å². The summed E-state index contributed by atoms with van der Waals surface area (Å²) in [5.41, 5.74) is 1.13. The molecule has 3 heteroatoms. The van der Waals surface area contributed by atoms with Gasteiger partial charge in [0.15, 0.2) is 0 Å². The molecule has 0 bridgehead atoms. The van der Waals surface area contributed by atoms with E-state index in [1.807, 2.05) is 0 Å². The van der Waals surface area contributed by atoms with E-state index in [-0.39, 0.29) is 5.92 Å². The monoisotopic (exact) mass is 187 g/mol. The Morgan fingerprint density at radius 2 is 2.36 bits per heavy atom. The summed E-state index contributed by atoms with van der Waals surface area (Å²) in [5.74, 6) is 0.668. The molecule has 0 unspecified atom stereocenters. The molecule has 0 aromatic carbocycles. The molecule has 72 valence electrons. The fourth-order valence-electron chi connectivity index (χ4n) is 2.07. The van der Waals surface area contributed by atoms with E-state index in [9.17, 15) is 0 Å². The molecule has 0 aliphatic heterocycles. The van der Waals surface area contributed by atoms with Crippen LogP contribution in [-0.2, 0) is 0 Å². The Bertz CT molecular complexity index is 383. The summed E-state index contributed by atoms with van der Waals surface area (Å²) in [7, 11) is 0. The van der Waals surface area contributed by atoms with Gasteiger partial charge >= 0.3 is 0 Å². The molecular formula is C11H13N3. The SMILES string of the molecule is N#C[C@H]1C[C@@H]1c1ccn(C2CCC2)n1. The summed E-state index contributed by atoms with van der Waals surface area (Å²) in [6.07, 6.45) is 6.97. The zero-order chi connectivity index (χ0) is 9.54. The first kappa shape index (κ1) is 8.05. The summed E-state index contributed by atoms with van der Waals surface area (Å²) in [5, 5.41) is 13.3. The maximum absolute atomic E-state index is 8.73. The number of nitrogens with zero attached hydrogens (tertiary/aromatic N) is 3. The van der Waals surface area contributed by atoms with Crippen LogP contribution in [-0.4, -0.2) is 9.78 Å². The van der Waals surface area contributed by atoms with Crippen LogP contribution in [0.15, 0.2) is 12.3 Å². The maximum Gasteiger partial charge on any atom is 0.0669 e. The van der Waals surface area contributed by atoms with Gasteiger partial charge in [0.1, 0.15) is 0 Å². The van der Waals surface area contributed by atoms with Gasteiger partial charge in [0.2, 0.25) is 0 Å². The molecule has 0 saturated heterocycles. The van der Waals surface area contributed by atoms with Gasteiger partial charge in [0.05, 0.1) is 23.7 Å². The van der Waals surface area contributed by atoms with Gasteiger partial charge in [0.25, 0.3) is 0 Å². The van der Waals surface area contributed by atoms with Gasteiger partial charge in [-0.25, -0.2) is 0 Å². The predicted octanol–water partition coefficient (Wildman–Crippen LogP) is 2.24. The van der Waals surface area contributed by atoms with Gasteiger partial charge in [-0.05, 0) is 31.7 Å². The van der Waals surface area contributed by atoms with Crippen LogP contribution in [0.4, 0.5) is 0 Å². The average Bonchev–Trinajstić information content (AvgIpc) is 2.76. The summed E-state index contributed by atoms with van der Waals surface area (Å²) < 4.78 is 2.09. The zero-order valence-electron chi connectivity index (χ0n) is 8.06.